The summed E-state index contributed by atoms with van der Waals surface area (Å²) in [6.45, 7) is 9.09. The third-order valence-electron chi connectivity index (χ3n) is 5.23. The number of esters is 1. The van der Waals surface area contributed by atoms with Crippen LogP contribution in [-0.2, 0) is 28.2 Å². The number of aliphatic hydroxyl groups is 1. The van der Waals surface area contributed by atoms with Crippen LogP contribution in [0.1, 0.15) is 27.7 Å². The minimum absolute atomic E-state index is 0.121. The second-order valence-electron chi connectivity index (χ2n) is 8.31. The largest absolute Gasteiger partial charge is 0.462 e. The van der Waals surface area contributed by atoms with Crippen molar-refractivity contribution in [2.75, 3.05) is 19.9 Å². The quantitative estimate of drug-likeness (QED) is 0.332. The van der Waals surface area contributed by atoms with E-state index < -0.39 is 62.3 Å². The number of rotatable bonds is 9. The number of aliphatic hydroxyl groups excluding tert-OH is 1. The zero-order chi connectivity index (χ0) is 24.5. The van der Waals surface area contributed by atoms with Gasteiger partial charge in [-0.1, -0.05) is 6.58 Å². The van der Waals surface area contributed by atoms with Gasteiger partial charge in [-0.05, 0) is 27.7 Å². The minimum atomic E-state index is -3.64. The maximum absolute atomic E-state index is 15.3. The fourth-order valence-corrected chi connectivity index (χ4v) is 4.55. The molecule has 3 N–H and O–H groups in total. The van der Waals surface area contributed by atoms with Crippen molar-refractivity contribution in [2.24, 2.45) is 5.41 Å². The summed E-state index contributed by atoms with van der Waals surface area (Å²) in [6.07, 6.45) is -1.50. The number of carbonyl (C=O) groups excluding carboxylic acids is 2. The van der Waals surface area contributed by atoms with E-state index in [0.717, 1.165) is 24.1 Å². The van der Waals surface area contributed by atoms with Crippen LogP contribution in [0.4, 0.5) is 8.78 Å². The van der Waals surface area contributed by atoms with Crippen LogP contribution in [0, 0.1) is 5.41 Å². The average molecular weight is 481 g/mol. The van der Waals surface area contributed by atoms with Crippen molar-refractivity contribution in [3.63, 3.8) is 0 Å². The van der Waals surface area contributed by atoms with Crippen LogP contribution >= 0.6 is 7.52 Å². The second-order valence-corrected chi connectivity index (χ2v) is 10.5. The topological polar surface area (TPSA) is 126 Å². The van der Waals surface area contributed by atoms with Crippen molar-refractivity contribution >= 4 is 19.4 Å². The summed E-state index contributed by atoms with van der Waals surface area (Å²) in [5, 5.41) is 14.6. The molecule has 13 heteroatoms. The van der Waals surface area contributed by atoms with Crippen LogP contribution in [0.15, 0.2) is 24.7 Å². The number of halogens is 2. The highest BCUT2D eigenvalue weighted by Gasteiger charge is 2.68. The summed E-state index contributed by atoms with van der Waals surface area (Å²) in [7, 11) is -3.64. The lowest BCUT2D eigenvalue weighted by Gasteiger charge is -2.37. The van der Waals surface area contributed by atoms with E-state index in [1.54, 1.807) is 13.8 Å². The van der Waals surface area contributed by atoms with Crippen molar-refractivity contribution in [1.29, 1.82) is 0 Å². The van der Waals surface area contributed by atoms with Gasteiger partial charge >= 0.3 is 11.9 Å². The Labute approximate surface area is 185 Å². The molecule has 1 unspecified atom stereocenters. The van der Waals surface area contributed by atoms with E-state index in [0.29, 0.717) is 0 Å². The molecule has 0 spiro atoms. The van der Waals surface area contributed by atoms with E-state index in [1.165, 1.54) is 13.6 Å². The van der Waals surface area contributed by atoms with E-state index in [9.17, 15) is 19.3 Å². The lowest BCUT2D eigenvalue weighted by molar-refractivity contribution is -0.163. The SMILES string of the molecule is C=C1NC(=O)C=CN1[C@@H]1O[C@H](COP(C)(=O)N[C@@H](C)C(=O)OC(C)C)[C@](C)(CO)C1(F)F. The van der Waals surface area contributed by atoms with E-state index in [2.05, 4.69) is 17.0 Å². The van der Waals surface area contributed by atoms with Crippen LogP contribution in [0.25, 0.3) is 0 Å². The molecular weight excluding hydrogens is 451 g/mol. The maximum Gasteiger partial charge on any atom is 0.323 e. The molecule has 2 aliphatic rings. The number of hydrogen-bond donors (Lipinski definition) is 3. The summed E-state index contributed by atoms with van der Waals surface area (Å²) in [5.74, 6) is -4.90. The van der Waals surface area contributed by atoms with Gasteiger partial charge in [-0.2, -0.15) is 0 Å². The smallest absolute Gasteiger partial charge is 0.323 e. The minimum Gasteiger partial charge on any atom is -0.462 e. The molecule has 0 saturated carbocycles. The molecule has 1 fully saturated rings. The van der Waals surface area contributed by atoms with Crippen LogP contribution in [0.2, 0.25) is 0 Å². The number of carbonyl (C=O) groups is 2. The lowest BCUT2D eigenvalue weighted by Crippen LogP contribution is -2.53. The summed E-state index contributed by atoms with van der Waals surface area (Å²) in [5.41, 5.74) is -2.10. The van der Waals surface area contributed by atoms with Crippen molar-refractivity contribution in [2.45, 2.75) is 58.1 Å². The zero-order valence-corrected chi connectivity index (χ0v) is 19.5. The Morgan fingerprint density at radius 3 is 2.62 bits per heavy atom. The van der Waals surface area contributed by atoms with Gasteiger partial charge in [0.15, 0.2) is 0 Å². The second kappa shape index (κ2) is 9.56. The molecule has 5 atom stereocenters. The molecule has 0 aromatic heterocycles. The molecule has 0 bridgehead atoms. The first-order valence-corrected chi connectivity index (χ1v) is 12.0. The molecule has 1 saturated heterocycles. The van der Waals surface area contributed by atoms with Crippen molar-refractivity contribution in [3.05, 3.63) is 24.7 Å². The maximum atomic E-state index is 15.3. The highest BCUT2D eigenvalue weighted by atomic mass is 31.2. The third-order valence-corrected chi connectivity index (χ3v) is 6.73. The molecular formula is C19H30F2N3O7P. The van der Waals surface area contributed by atoms with Gasteiger partial charge in [0, 0.05) is 18.9 Å². The number of alkyl halides is 2. The van der Waals surface area contributed by atoms with Gasteiger partial charge in [-0.3, -0.25) is 14.2 Å². The van der Waals surface area contributed by atoms with E-state index in [-0.39, 0.29) is 11.9 Å². The third kappa shape index (κ3) is 5.37. The predicted octanol–water partition coefficient (Wildman–Crippen LogP) is 1.53. The molecule has 182 valence electrons. The first-order chi connectivity index (χ1) is 14.6. The first kappa shape index (κ1) is 26.4. The molecule has 10 nitrogen and oxygen atoms in total. The summed E-state index contributed by atoms with van der Waals surface area (Å²) < 4.78 is 59.3. The van der Waals surface area contributed by atoms with Gasteiger partial charge in [-0.25, -0.2) is 13.9 Å². The number of ether oxygens (including phenoxy) is 2. The molecule has 1 amide bonds. The monoisotopic (exact) mass is 481 g/mol. The lowest BCUT2D eigenvalue weighted by atomic mass is 9.80. The molecule has 0 aromatic carbocycles. The predicted molar refractivity (Wildman–Crippen MR) is 110 cm³/mol. The van der Waals surface area contributed by atoms with Crippen LogP contribution < -0.4 is 10.4 Å². The fraction of sp³-hybridized carbons (Fsp3) is 0.684. The van der Waals surface area contributed by atoms with E-state index in [1.807, 2.05) is 0 Å². The van der Waals surface area contributed by atoms with Crippen LogP contribution in [0.3, 0.4) is 0 Å². The number of nitrogens with one attached hydrogen (secondary N) is 2. The molecule has 0 aliphatic carbocycles. The number of hydrogen-bond acceptors (Lipinski definition) is 8. The standard InChI is InChI=1S/C19H30F2N3O7P/c1-11(2)30-16(27)12(3)23-32(6,28)29-9-14-18(5,10-25)19(20,21)17(31-14)24-8-7-15(26)22-13(24)4/h7-8,11-12,14,17,25H,4,9-10H2,1-3,5-6H3,(H,22,26)(H,23,28)/t12-,14+,17+,18-,32?/m0/s1. The normalized spacial score (nSPS) is 30.2. The molecule has 0 radical (unpaired) electrons. The van der Waals surface area contributed by atoms with E-state index >= 15 is 8.78 Å². The summed E-state index contributed by atoms with van der Waals surface area (Å²) in [6, 6.07) is -0.971. The zero-order valence-electron chi connectivity index (χ0n) is 18.6. The Kier molecular flexibility index (Phi) is 7.89. The van der Waals surface area contributed by atoms with E-state index in [4.69, 9.17) is 14.0 Å². The Balaban J connectivity index is 2.14. The number of nitrogens with zero attached hydrogens (tertiary/aromatic N) is 1. The Hall–Kier alpha value is -1.85. The Morgan fingerprint density at radius 1 is 1.47 bits per heavy atom. The van der Waals surface area contributed by atoms with Gasteiger partial charge in [0.2, 0.25) is 6.23 Å². The number of amides is 1. The van der Waals surface area contributed by atoms with Crippen molar-refractivity contribution < 1.29 is 42.0 Å². The molecule has 32 heavy (non-hydrogen) atoms. The fourth-order valence-electron chi connectivity index (χ4n) is 3.25. The summed E-state index contributed by atoms with van der Waals surface area (Å²) in [4.78, 5) is 24.3. The molecule has 2 heterocycles. The highest BCUT2D eigenvalue weighted by molar-refractivity contribution is 7.56. The van der Waals surface area contributed by atoms with Crippen LogP contribution in [0.5, 0.6) is 0 Å². The van der Waals surface area contributed by atoms with Gasteiger partial charge in [0.25, 0.3) is 13.4 Å². The molecule has 2 aliphatic heterocycles. The van der Waals surface area contributed by atoms with Crippen molar-refractivity contribution in [1.82, 2.24) is 15.3 Å². The van der Waals surface area contributed by atoms with Gasteiger partial charge in [-0.15, -0.1) is 0 Å². The Morgan fingerprint density at radius 2 is 2.09 bits per heavy atom. The molecule has 2 rings (SSSR count). The highest BCUT2D eigenvalue weighted by Crippen LogP contribution is 2.53. The van der Waals surface area contributed by atoms with Gasteiger partial charge in [0.05, 0.1) is 30.8 Å². The van der Waals surface area contributed by atoms with Crippen LogP contribution in [-0.4, -0.2) is 72.2 Å². The average Bonchev–Trinajstić information content (AvgIpc) is 2.86. The Bertz CT molecular complexity index is 838. The molecule has 0 aromatic rings. The van der Waals surface area contributed by atoms with Gasteiger partial charge in [0.1, 0.15) is 11.9 Å². The summed E-state index contributed by atoms with van der Waals surface area (Å²) >= 11 is 0. The van der Waals surface area contributed by atoms with Gasteiger partial charge < -0.3 is 29.3 Å². The first-order valence-electron chi connectivity index (χ1n) is 9.95. The van der Waals surface area contributed by atoms with Crippen molar-refractivity contribution in [3.8, 4) is 0 Å².